The number of sulfonamides is 1. The minimum atomic E-state index is -3.66. The number of hydrogen-bond donors (Lipinski definition) is 0. The molecule has 0 aromatic heterocycles. The summed E-state index contributed by atoms with van der Waals surface area (Å²) in [6.07, 6.45) is 2.73. The van der Waals surface area contributed by atoms with Crippen LogP contribution in [0.25, 0.3) is 0 Å². The van der Waals surface area contributed by atoms with Crippen LogP contribution in [0.2, 0.25) is 0 Å². The Kier molecular flexibility index (Phi) is 6.62. The molecule has 0 radical (unpaired) electrons. The van der Waals surface area contributed by atoms with E-state index in [-0.39, 0.29) is 31.5 Å². The fourth-order valence-electron chi connectivity index (χ4n) is 4.41. The first kappa shape index (κ1) is 23.6. The number of carbonyl (C=O) groups excluding carboxylic acids is 1. The van der Waals surface area contributed by atoms with Gasteiger partial charge in [-0.3, -0.25) is 4.79 Å². The van der Waals surface area contributed by atoms with Crippen LogP contribution >= 0.6 is 0 Å². The van der Waals surface area contributed by atoms with E-state index in [0.717, 1.165) is 41.6 Å². The minimum absolute atomic E-state index is 0.0964. The number of benzene rings is 3. The number of para-hydroxylation sites is 1. The Morgan fingerprint density at radius 1 is 1.00 bits per heavy atom. The van der Waals surface area contributed by atoms with E-state index in [1.165, 1.54) is 4.31 Å². The molecule has 3 aromatic carbocycles. The SMILES string of the molecule is CCc1ccc(S(=O)(=O)N2CCOc3ccc(CN(C(=O)C4CC4)c4ccccc4)cc3C2)cc1. The summed E-state index contributed by atoms with van der Waals surface area (Å²) in [5.74, 6) is 0.925. The summed E-state index contributed by atoms with van der Waals surface area (Å²) >= 11 is 0. The number of hydrogen-bond acceptors (Lipinski definition) is 4. The molecule has 0 saturated heterocycles. The number of anilines is 1. The number of ether oxygens (including phenoxy) is 1. The van der Waals surface area contributed by atoms with E-state index in [9.17, 15) is 13.2 Å². The van der Waals surface area contributed by atoms with Gasteiger partial charge in [0, 0.05) is 30.3 Å². The summed E-state index contributed by atoms with van der Waals surface area (Å²) in [4.78, 5) is 15.2. The molecule has 0 unspecified atom stereocenters. The van der Waals surface area contributed by atoms with Crippen molar-refractivity contribution >= 4 is 21.6 Å². The molecule has 0 spiro atoms. The Labute approximate surface area is 207 Å². The molecule has 182 valence electrons. The van der Waals surface area contributed by atoms with Crippen LogP contribution in [-0.2, 0) is 34.3 Å². The summed E-state index contributed by atoms with van der Waals surface area (Å²) in [7, 11) is -3.66. The Hall–Kier alpha value is -3.16. The highest BCUT2D eigenvalue weighted by atomic mass is 32.2. The maximum atomic E-state index is 13.4. The largest absolute Gasteiger partial charge is 0.492 e. The number of carbonyl (C=O) groups is 1. The van der Waals surface area contributed by atoms with Crippen LogP contribution in [0.5, 0.6) is 5.75 Å². The molecule has 1 aliphatic carbocycles. The molecule has 0 atom stereocenters. The van der Waals surface area contributed by atoms with Gasteiger partial charge in [-0.2, -0.15) is 4.31 Å². The minimum Gasteiger partial charge on any atom is -0.492 e. The zero-order chi connectivity index (χ0) is 24.4. The van der Waals surface area contributed by atoms with Crippen molar-refractivity contribution in [2.75, 3.05) is 18.1 Å². The molecule has 0 bridgehead atoms. The molecule has 5 rings (SSSR count). The molecule has 6 nitrogen and oxygen atoms in total. The molecule has 2 aliphatic rings. The van der Waals surface area contributed by atoms with Gasteiger partial charge in [-0.1, -0.05) is 43.3 Å². The van der Waals surface area contributed by atoms with Gasteiger partial charge in [-0.25, -0.2) is 8.42 Å². The molecular weight excluding hydrogens is 460 g/mol. The van der Waals surface area contributed by atoms with Crippen molar-refractivity contribution in [3.63, 3.8) is 0 Å². The van der Waals surface area contributed by atoms with Crippen molar-refractivity contribution in [2.24, 2.45) is 5.92 Å². The van der Waals surface area contributed by atoms with E-state index in [1.54, 1.807) is 12.1 Å². The third-order valence-electron chi connectivity index (χ3n) is 6.64. The van der Waals surface area contributed by atoms with Crippen LogP contribution in [0.3, 0.4) is 0 Å². The van der Waals surface area contributed by atoms with Gasteiger partial charge in [0.15, 0.2) is 0 Å². The monoisotopic (exact) mass is 490 g/mol. The summed E-state index contributed by atoms with van der Waals surface area (Å²) < 4.78 is 34.2. The summed E-state index contributed by atoms with van der Waals surface area (Å²) in [5, 5.41) is 0. The first-order valence-electron chi connectivity index (χ1n) is 12.2. The fourth-order valence-corrected chi connectivity index (χ4v) is 5.81. The van der Waals surface area contributed by atoms with Gasteiger partial charge >= 0.3 is 0 Å². The van der Waals surface area contributed by atoms with E-state index in [4.69, 9.17) is 4.74 Å². The zero-order valence-corrected chi connectivity index (χ0v) is 20.7. The Morgan fingerprint density at radius 2 is 1.71 bits per heavy atom. The molecule has 1 saturated carbocycles. The second-order valence-corrected chi connectivity index (χ2v) is 11.1. The van der Waals surface area contributed by atoms with E-state index in [1.807, 2.05) is 72.5 Å². The molecule has 1 fully saturated rings. The van der Waals surface area contributed by atoms with Crippen LogP contribution in [-0.4, -0.2) is 31.8 Å². The van der Waals surface area contributed by atoms with E-state index >= 15 is 0 Å². The lowest BCUT2D eigenvalue weighted by atomic mass is 10.1. The van der Waals surface area contributed by atoms with Crippen LogP contribution in [0.15, 0.2) is 77.7 Å². The Morgan fingerprint density at radius 3 is 2.40 bits per heavy atom. The summed E-state index contributed by atoms with van der Waals surface area (Å²) in [6, 6.07) is 22.6. The smallest absolute Gasteiger partial charge is 0.243 e. The topological polar surface area (TPSA) is 66.9 Å². The third-order valence-corrected chi connectivity index (χ3v) is 8.50. The number of aryl methyl sites for hydroxylation is 1. The molecular formula is C28H30N2O4S. The molecule has 1 aliphatic heterocycles. The number of nitrogens with zero attached hydrogens (tertiary/aromatic N) is 2. The highest BCUT2D eigenvalue weighted by Gasteiger charge is 2.34. The third kappa shape index (κ3) is 5.11. The lowest BCUT2D eigenvalue weighted by Gasteiger charge is -2.24. The van der Waals surface area contributed by atoms with Crippen molar-refractivity contribution in [1.29, 1.82) is 0 Å². The van der Waals surface area contributed by atoms with Gasteiger partial charge in [-0.15, -0.1) is 0 Å². The maximum absolute atomic E-state index is 13.4. The highest BCUT2D eigenvalue weighted by molar-refractivity contribution is 7.89. The molecule has 1 amide bonds. The van der Waals surface area contributed by atoms with E-state index in [2.05, 4.69) is 0 Å². The van der Waals surface area contributed by atoms with Gasteiger partial charge in [-0.05, 0) is 66.8 Å². The fraction of sp³-hybridized carbons (Fsp3) is 0.321. The van der Waals surface area contributed by atoms with Gasteiger partial charge in [0.25, 0.3) is 0 Å². The molecule has 1 heterocycles. The second-order valence-electron chi connectivity index (χ2n) is 9.16. The Bertz CT molecular complexity index is 1300. The second kappa shape index (κ2) is 9.84. The van der Waals surface area contributed by atoms with Crippen molar-refractivity contribution in [3.05, 3.63) is 89.5 Å². The van der Waals surface area contributed by atoms with Gasteiger partial charge in [0.05, 0.1) is 11.4 Å². The number of amides is 1. The Balaban J connectivity index is 1.41. The predicted octanol–water partition coefficient (Wildman–Crippen LogP) is 4.78. The van der Waals surface area contributed by atoms with Crippen LogP contribution in [0.4, 0.5) is 5.69 Å². The van der Waals surface area contributed by atoms with Crippen molar-refractivity contribution in [2.45, 2.75) is 44.2 Å². The van der Waals surface area contributed by atoms with E-state index in [0.29, 0.717) is 17.2 Å². The highest BCUT2D eigenvalue weighted by Crippen LogP contribution is 2.34. The lowest BCUT2D eigenvalue weighted by Crippen LogP contribution is -2.32. The van der Waals surface area contributed by atoms with Crippen molar-refractivity contribution in [3.8, 4) is 5.75 Å². The van der Waals surface area contributed by atoms with Gasteiger partial charge in [0.1, 0.15) is 12.4 Å². The average Bonchev–Trinajstić information content (AvgIpc) is 3.74. The van der Waals surface area contributed by atoms with E-state index < -0.39 is 10.0 Å². The summed E-state index contributed by atoms with van der Waals surface area (Å²) in [6.45, 7) is 3.26. The first-order valence-corrected chi connectivity index (χ1v) is 13.6. The summed E-state index contributed by atoms with van der Waals surface area (Å²) in [5.41, 5.74) is 3.72. The van der Waals surface area contributed by atoms with Crippen molar-refractivity contribution in [1.82, 2.24) is 4.31 Å². The lowest BCUT2D eigenvalue weighted by molar-refractivity contribution is -0.119. The van der Waals surface area contributed by atoms with Gasteiger partial charge < -0.3 is 9.64 Å². The average molecular weight is 491 g/mol. The van der Waals surface area contributed by atoms with Gasteiger partial charge in [0.2, 0.25) is 15.9 Å². The predicted molar refractivity (Wildman–Crippen MR) is 136 cm³/mol. The molecule has 3 aromatic rings. The molecule has 7 heteroatoms. The quantitative estimate of drug-likeness (QED) is 0.478. The van der Waals surface area contributed by atoms with Crippen LogP contribution < -0.4 is 9.64 Å². The number of fused-ring (bicyclic) bond motifs is 1. The van der Waals surface area contributed by atoms with Crippen LogP contribution in [0.1, 0.15) is 36.5 Å². The maximum Gasteiger partial charge on any atom is 0.243 e. The normalized spacial score (nSPS) is 16.1. The van der Waals surface area contributed by atoms with Crippen molar-refractivity contribution < 1.29 is 17.9 Å². The first-order chi connectivity index (χ1) is 17.0. The zero-order valence-electron chi connectivity index (χ0n) is 19.9. The number of rotatable bonds is 7. The molecule has 0 N–H and O–H groups in total. The van der Waals surface area contributed by atoms with Crippen LogP contribution in [0, 0.1) is 5.92 Å². The molecule has 35 heavy (non-hydrogen) atoms. The standard InChI is InChI=1S/C28H30N2O4S/c1-2-21-8-13-26(14-9-21)35(32,33)29-16-17-34-27-15-10-22(18-24(27)20-29)19-30(28(31)23-11-12-23)25-6-4-3-5-7-25/h3-10,13-15,18,23H,2,11-12,16-17,19-20H2,1H3.